The summed E-state index contributed by atoms with van der Waals surface area (Å²) < 4.78 is 34.0. The molecule has 1 aromatic carbocycles. The van der Waals surface area contributed by atoms with Crippen molar-refractivity contribution in [3.8, 4) is 0 Å². The highest BCUT2D eigenvalue weighted by Gasteiger charge is 2.23. The summed E-state index contributed by atoms with van der Waals surface area (Å²) in [6.45, 7) is 1.83. The van der Waals surface area contributed by atoms with Gasteiger partial charge in [-0.1, -0.05) is 23.2 Å². The lowest BCUT2D eigenvalue weighted by Crippen LogP contribution is -2.33. The molecule has 1 amide bonds. The van der Waals surface area contributed by atoms with Gasteiger partial charge in [0.2, 0.25) is 10.0 Å². The molecule has 0 heterocycles. The number of sulfonamides is 1. The van der Waals surface area contributed by atoms with Crippen LogP contribution in [0.3, 0.4) is 0 Å². The van der Waals surface area contributed by atoms with Gasteiger partial charge in [-0.15, -0.1) is 0 Å². The number of hydrogen-bond donors (Lipinski definition) is 2. The minimum absolute atomic E-state index is 0.00447. The van der Waals surface area contributed by atoms with Crippen LogP contribution in [0.1, 0.15) is 17.3 Å². The zero-order valence-electron chi connectivity index (χ0n) is 11.2. The molecule has 0 aliphatic carbocycles. The molecule has 3 N–H and O–H groups in total. The van der Waals surface area contributed by atoms with E-state index in [1.807, 2.05) is 0 Å². The van der Waals surface area contributed by atoms with Gasteiger partial charge in [-0.2, -0.15) is 0 Å². The van der Waals surface area contributed by atoms with Gasteiger partial charge in [0.15, 0.2) is 0 Å². The Labute approximate surface area is 135 Å². The first-order valence-electron chi connectivity index (χ1n) is 5.67. The average molecular weight is 373 g/mol. The maximum absolute atomic E-state index is 12.1. The molecule has 0 saturated heterocycles. The first-order valence-corrected chi connectivity index (χ1v) is 9.59. The third-order valence-electron chi connectivity index (χ3n) is 2.71. The number of halogens is 2. The molecule has 118 valence electrons. The predicted octanol–water partition coefficient (Wildman–Crippen LogP) is 1.14. The van der Waals surface area contributed by atoms with Crippen molar-refractivity contribution in [2.75, 3.05) is 12.8 Å². The SMILES string of the molecule is CC(CNC(=O)c1c(Cl)ccc(S(N)(=O)=O)c1Cl)S(C)=O. The molecule has 2 atom stereocenters. The third kappa shape index (κ3) is 4.65. The number of rotatable bonds is 5. The maximum Gasteiger partial charge on any atom is 0.254 e. The van der Waals surface area contributed by atoms with E-state index in [0.717, 1.165) is 6.07 Å². The zero-order valence-corrected chi connectivity index (χ0v) is 14.4. The van der Waals surface area contributed by atoms with Crippen molar-refractivity contribution in [1.82, 2.24) is 5.32 Å². The van der Waals surface area contributed by atoms with E-state index in [1.165, 1.54) is 12.3 Å². The Bertz CT molecular complexity index is 692. The normalized spacial score (nSPS) is 14.5. The third-order valence-corrected chi connectivity index (χ3v) is 5.78. The summed E-state index contributed by atoms with van der Waals surface area (Å²) >= 11 is 11.8. The number of primary sulfonamides is 1. The van der Waals surface area contributed by atoms with E-state index in [-0.39, 0.29) is 32.3 Å². The lowest BCUT2D eigenvalue weighted by Gasteiger charge is -2.13. The number of benzene rings is 1. The van der Waals surface area contributed by atoms with E-state index in [4.69, 9.17) is 28.3 Å². The Balaban J connectivity index is 3.13. The van der Waals surface area contributed by atoms with Crippen LogP contribution in [0, 0.1) is 0 Å². The van der Waals surface area contributed by atoms with Gasteiger partial charge in [0.05, 0.1) is 15.6 Å². The van der Waals surface area contributed by atoms with Gasteiger partial charge in [0, 0.05) is 28.9 Å². The van der Waals surface area contributed by atoms with Crippen molar-refractivity contribution in [3.05, 3.63) is 27.7 Å². The van der Waals surface area contributed by atoms with Crippen LogP contribution in [0.2, 0.25) is 10.0 Å². The highest BCUT2D eigenvalue weighted by molar-refractivity contribution is 7.89. The molecule has 0 radical (unpaired) electrons. The molecule has 10 heteroatoms. The van der Waals surface area contributed by atoms with Gasteiger partial charge in [-0.05, 0) is 19.1 Å². The molecule has 2 unspecified atom stereocenters. The number of carbonyl (C=O) groups excluding carboxylic acids is 1. The molecule has 0 aromatic heterocycles. The van der Waals surface area contributed by atoms with Gasteiger partial charge in [-0.25, -0.2) is 13.6 Å². The van der Waals surface area contributed by atoms with Gasteiger partial charge < -0.3 is 5.32 Å². The first-order chi connectivity index (χ1) is 9.55. The standard InChI is InChI=1S/C11H14Cl2N2O4S2/c1-6(20(2)17)5-15-11(16)9-7(12)3-4-8(10(9)13)21(14,18)19/h3-4,6H,5H2,1-2H3,(H,15,16)(H2,14,18,19). The topological polar surface area (TPSA) is 106 Å². The monoisotopic (exact) mass is 372 g/mol. The number of carbonyl (C=O) groups is 1. The van der Waals surface area contributed by atoms with Crippen LogP contribution in [0.5, 0.6) is 0 Å². The van der Waals surface area contributed by atoms with Gasteiger partial charge in [-0.3, -0.25) is 9.00 Å². The summed E-state index contributed by atoms with van der Waals surface area (Å²) in [7, 11) is -5.18. The molecule has 0 spiro atoms. The second kappa shape index (κ2) is 7.06. The van der Waals surface area contributed by atoms with Gasteiger partial charge >= 0.3 is 0 Å². The molecular formula is C11H14Cl2N2O4S2. The Morgan fingerprint density at radius 1 is 1.43 bits per heavy atom. The van der Waals surface area contributed by atoms with Crippen LogP contribution in [0.4, 0.5) is 0 Å². The highest BCUT2D eigenvalue weighted by Crippen LogP contribution is 2.30. The van der Waals surface area contributed by atoms with E-state index in [1.54, 1.807) is 6.92 Å². The van der Waals surface area contributed by atoms with Gasteiger partial charge in [0.1, 0.15) is 4.90 Å². The molecule has 0 fully saturated rings. The molecule has 1 rings (SSSR count). The second-order valence-corrected chi connectivity index (χ2v) is 8.42. The molecule has 6 nitrogen and oxygen atoms in total. The number of hydrogen-bond acceptors (Lipinski definition) is 4. The van der Waals surface area contributed by atoms with Crippen molar-refractivity contribution < 1.29 is 17.4 Å². The lowest BCUT2D eigenvalue weighted by atomic mass is 10.2. The van der Waals surface area contributed by atoms with Crippen LogP contribution >= 0.6 is 23.2 Å². The fraction of sp³-hybridized carbons (Fsp3) is 0.364. The van der Waals surface area contributed by atoms with Crippen molar-refractivity contribution in [2.24, 2.45) is 5.14 Å². The molecular weight excluding hydrogens is 359 g/mol. The lowest BCUT2D eigenvalue weighted by molar-refractivity contribution is 0.0954. The summed E-state index contributed by atoms with van der Waals surface area (Å²) in [5, 5.41) is 6.90. The Morgan fingerprint density at radius 2 is 2.00 bits per heavy atom. The number of nitrogens with one attached hydrogen (secondary N) is 1. The van der Waals surface area contributed by atoms with Crippen LogP contribution in [0.15, 0.2) is 17.0 Å². The van der Waals surface area contributed by atoms with Crippen LogP contribution in [-0.2, 0) is 20.8 Å². The Hall–Kier alpha value is -0.670. The summed E-state index contributed by atoms with van der Waals surface area (Å²) in [6, 6.07) is 2.35. The minimum Gasteiger partial charge on any atom is -0.351 e. The van der Waals surface area contributed by atoms with Crippen LogP contribution < -0.4 is 10.5 Å². The Kier molecular flexibility index (Phi) is 6.18. The summed E-state index contributed by atoms with van der Waals surface area (Å²) in [5.41, 5.74) is -0.182. The van der Waals surface area contributed by atoms with E-state index in [9.17, 15) is 17.4 Å². The molecule has 0 saturated carbocycles. The highest BCUT2D eigenvalue weighted by atomic mass is 35.5. The van der Waals surface area contributed by atoms with Crippen molar-refractivity contribution in [2.45, 2.75) is 17.1 Å². The predicted molar refractivity (Wildman–Crippen MR) is 83.7 cm³/mol. The summed E-state index contributed by atoms with van der Waals surface area (Å²) in [6.07, 6.45) is 1.51. The molecule has 0 bridgehead atoms. The molecule has 0 aliphatic rings. The van der Waals surface area contributed by atoms with E-state index >= 15 is 0 Å². The first kappa shape index (κ1) is 18.4. The van der Waals surface area contributed by atoms with Crippen molar-refractivity contribution in [3.63, 3.8) is 0 Å². The van der Waals surface area contributed by atoms with E-state index in [0.29, 0.717) is 0 Å². The zero-order chi connectivity index (χ0) is 16.4. The van der Waals surface area contributed by atoms with E-state index < -0.39 is 26.7 Å². The Morgan fingerprint density at radius 3 is 2.48 bits per heavy atom. The number of amides is 1. The fourth-order valence-electron chi connectivity index (χ4n) is 1.40. The average Bonchev–Trinajstić information content (AvgIpc) is 2.33. The fourth-order valence-corrected chi connectivity index (χ4v) is 3.20. The van der Waals surface area contributed by atoms with Crippen molar-refractivity contribution in [1.29, 1.82) is 0 Å². The van der Waals surface area contributed by atoms with Crippen LogP contribution in [0.25, 0.3) is 0 Å². The smallest absolute Gasteiger partial charge is 0.254 e. The molecule has 1 aromatic rings. The maximum atomic E-state index is 12.1. The van der Waals surface area contributed by atoms with Crippen molar-refractivity contribution >= 4 is 49.9 Å². The number of nitrogens with two attached hydrogens (primary N) is 1. The van der Waals surface area contributed by atoms with Crippen LogP contribution in [-0.4, -0.2) is 36.6 Å². The van der Waals surface area contributed by atoms with Gasteiger partial charge in [0.25, 0.3) is 5.91 Å². The quantitative estimate of drug-likeness (QED) is 0.807. The van der Waals surface area contributed by atoms with E-state index in [2.05, 4.69) is 5.32 Å². The molecule has 21 heavy (non-hydrogen) atoms. The summed E-state index contributed by atoms with van der Waals surface area (Å²) in [4.78, 5) is 11.7. The minimum atomic E-state index is -4.07. The summed E-state index contributed by atoms with van der Waals surface area (Å²) in [5.74, 6) is -0.659. The second-order valence-electron chi connectivity index (χ2n) is 4.30. The largest absolute Gasteiger partial charge is 0.351 e. The molecule has 0 aliphatic heterocycles.